The number of fused-ring (bicyclic) bond motifs is 1. The number of methoxy groups -OCH3 is 2. The summed E-state index contributed by atoms with van der Waals surface area (Å²) in [6, 6.07) is 9.65. The van der Waals surface area contributed by atoms with Crippen LogP contribution in [-0.4, -0.2) is 51.4 Å². The lowest BCUT2D eigenvalue weighted by molar-refractivity contribution is -0.116. The minimum atomic E-state index is -3.83. The Labute approximate surface area is 173 Å². The number of aromatic nitrogens is 1. The first kappa shape index (κ1) is 21.0. The number of amides is 1. The number of rotatable bonds is 7. The van der Waals surface area contributed by atoms with Crippen molar-refractivity contribution in [2.75, 3.05) is 33.1 Å². The number of thiazole rings is 1. The number of ether oxygens (including phenoxy) is 2. The van der Waals surface area contributed by atoms with Gasteiger partial charge in [0.1, 0.15) is 0 Å². The van der Waals surface area contributed by atoms with Crippen LogP contribution >= 0.6 is 11.3 Å². The van der Waals surface area contributed by atoms with Crippen molar-refractivity contribution in [1.29, 1.82) is 0 Å². The van der Waals surface area contributed by atoms with Crippen LogP contribution in [0.25, 0.3) is 10.2 Å². The number of likely N-dealkylation sites (N-methyl/N-ethyl adjacent to an activating group) is 1. The Balaban J connectivity index is 1.73. The molecular weight excluding hydrogens is 414 g/mol. The standard InChI is InChI=1S/C19H21N3O5S2/c1-12-20-15-7-6-14(10-18(15)28-12)29(24,25)22(2)11-19(23)21-13-5-8-16(26-3)17(9-13)27-4/h5-10H,11H2,1-4H3,(H,21,23). The average molecular weight is 436 g/mol. The molecule has 0 aliphatic rings. The highest BCUT2D eigenvalue weighted by Gasteiger charge is 2.24. The largest absolute Gasteiger partial charge is 0.493 e. The summed E-state index contributed by atoms with van der Waals surface area (Å²) in [6.07, 6.45) is 0. The Morgan fingerprint density at radius 2 is 1.86 bits per heavy atom. The number of carbonyl (C=O) groups is 1. The Morgan fingerprint density at radius 3 is 2.55 bits per heavy atom. The van der Waals surface area contributed by atoms with Gasteiger partial charge in [0.25, 0.3) is 0 Å². The van der Waals surface area contributed by atoms with Crippen molar-refractivity contribution in [3.05, 3.63) is 41.4 Å². The van der Waals surface area contributed by atoms with Crippen LogP contribution in [0.4, 0.5) is 5.69 Å². The van der Waals surface area contributed by atoms with Gasteiger partial charge in [-0.3, -0.25) is 4.79 Å². The SMILES string of the molecule is COc1ccc(NC(=O)CN(C)S(=O)(=O)c2ccc3nc(C)sc3c2)cc1OC. The van der Waals surface area contributed by atoms with Crippen LogP contribution in [0.15, 0.2) is 41.3 Å². The van der Waals surface area contributed by atoms with E-state index in [4.69, 9.17) is 9.47 Å². The molecule has 0 saturated heterocycles. The lowest BCUT2D eigenvalue weighted by Crippen LogP contribution is -2.34. The van der Waals surface area contributed by atoms with Crippen molar-refractivity contribution in [3.63, 3.8) is 0 Å². The highest BCUT2D eigenvalue weighted by Crippen LogP contribution is 2.30. The molecule has 1 heterocycles. The molecule has 0 fully saturated rings. The lowest BCUT2D eigenvalue weighted by Gasteiger charge is -2.17. The maximum atomic E-state index is 12.8. The molecular formula is C19H21N3O5S2. The Hall–Kier alpha value is -2.69. The number of nitrogens with zero attached hydrogens (tertiary/aromatic N) is 2. The second-order valence-electron chi connectivity index (χ2n) is 6.24. The van der Waals surface area contributed by atoms with Gasteiger partial charge in [-0.15, -0.1) is 11.3 Å². The number of hydrogen-bond donors (Lipinski definition) is 1. The number of anilines is 1. The Bertz CT molecular complexity index is 1160. The van der Waals surface area contributed by atoms with Gasteiger partial charge in [0.2, 0.25) is 15.9 Å². The van der Waals surface area contributed by atoms with Crippen LogP contribution in [0.5, 0.6) is 11.5 Å². The number of nitrogens with one attached hydrogen (secondary N) is 1. The fraction of sp³-hybridized carbons (Fsp3) is 0.263. The molecule has 154 valence electrons. The predicted octanol–water partition coefficient (Wildman–Crippen LogP) is 2.88. The summed E-state index contributed by atoms with van der Waals surface area (Å²) >= 11 is 1.42. The van der Waals surface area contributed by atoms with Gasteiger partial charge in [-0.05, 0) is 37.3 Å². The van der Waals surface area contributed by atoms with E-state index in [0.717, 1.165) is 19.5 Å². The van der Waals surface area contributed by atoms with Crippen molar-refractivity contribution in [1.82, 2.24) is 9.29 Å². The second kappa shape index (κ2) is 8.36. The molecule has 0 bridgehead atoms. The van der Waals surface area contributed by atoms with Crippen molar-refractivity contribution in [2.24, 2.45) is 0 Å². The maximum Gasteiger partial charge on any atom is 0.243 e. The van der Waals surface area contributed by atoms with E-state index in [1.54, 1.807) is 30.3 Å². The minimum Gasteiger partial charge on any atom is -0.493 e. The molecule has 8 nitrogen and oxygen atoms in total. The molecule has 0 aliphatic carbocycles. The van der Waals surface area contributed by atoms with E-state index < -0.39 is 15.9 Å². The molecule has 0 spiro atoms. The molecule has 3 rings (SSSR count). The predicted molar refractivity (Wildman–Crippen MR) is 112 cm³/mol. The number of hydrogen-bond acceptors (Lipinski definition) is 7. The molecule has 1 aromatic heterocycles. The summed E-state index contributed by atoms with van der Waals surface area (Å²) < 4.78 is 37.9. The summed E-state index contributed by atoms with van der Waals surface area (Å²) in [4.78, 5) is 16.8. The molecule has 2 aromatic carbocycles. The van der Waals surface area contributed by atoms with Gasteiger partial charge < -0.3 is 14.8 Å². The molecule has 0 atom stereocenters. The maximum absolute atomic E-state index is 12.8. The van der Waals surface area contributed by atoms with E-state index in [2.05, 4.69) is 10.3 Å². The topological polar surface area (TPSA) is 97.8 Å². The third-order valence-electron chi connectivity index (χ3n) is 4.21. The van der Waals surface area contributed by atoms with Gasteiger partial charge in [-0.1, -0.05) is 0 Å². The molecule has 10 heteroatoms. The third-order valence-corrected chi connectivity index (χ3v) is 6.94. The van der Waals surface area contributed by atoms with Crippen LogP contribution in [-0.2, 0) is 14.8 Å². The van der Waals surface area contributed by atoms with Crippen molar-refractivity contribution in [3.8, 4) is 11.5 Å². The fourth-order valence-corrected chi connectivity index (χ4v) is 4.86. The van der Waals surface area contributed by atoms with Crippen LogP contribution in [0, 0.1) is 6.92 Å². The van der Waals surface area contributed by atoms with E-state index >= 15 is 0 Å². The normalized spacial score (nSPS) is 11.6. The van der Waals surface area contributed by atoms with Gasteiger partial charge in [0, 0.05) is 18.8 Å². The zero-order valence-corrected chi connectivity index (χ0v) is 18.1. The molecule has 0 aliphatic heterocycles. The smallest absolute Gasteiger partial charge is 0.243 e. The molecule has 0 radical (unpaired) electrons. The number of aryl methyl sites for hydroxylation is 1. The average Bonchev–Trinajstić information content (AvgIpc) is 3.06. The van der Waals surface area contributed by atoms with Crippen LogP contribution < -0.4 is 14.8 Å². The fourth-order valence-electron chi connectivity index (χ4n) is 2.76. The molecule has 1 N–H and O–H groups in total. The Kier molecular flexibility index (Phi) is 6.06. The van der Waals surface area contributed by atoms with Gasteiger partial charge >= 0.3 is 0 Å². The zero-order chi connectivity index (χ0) is 21.2. The van der Waals surface area contributed by atoms with E-state index in [-0.39, 0.29) is 11.4 Å². The summed E-state index contributed by atoms with van der Waals surface area (Å²) in [5.41, 5.74) is 1.22. The summed E-state index contributed by atoms with van der Waals surface area (Å²) in [6.45, 7) is 1.53. The van der Waals surface area contributed by atoms with Crippen molar-refractivity contribution >= 4 is 43.2 Å². The Morgan fingerprint density at radius 1 is 1.14 bits per heavy atom. The minimum absolute atomic E-state index is 0.120. The number of carbonyl (C=O) groups excluding carboxylic acids is 1. The summed E-state index contributed by atoms with van der Waals surface area (Å²) in [5.74, 6) is 0.510. The van der Waals surface area contributed by atoms with Gasteiger partial charge in [-0.2, -0.15) is 4.31 Å². The second-order valence-corrected chi connectivity index (χ2v) is 9.52. The first-order valence-electron chi connectivity index (χ1n) is 8.60. The molecule has 0 unspecified atom stereocenters. The van der Waals surface area contributed by atoms with Crippen molar-refractivity contribution < 1.29 is 22.7 Å². The van der Waals surface area contributed by atoms with Crippen LogP contribution in [0.3, 0.4) is 0 Å². The van der Waals surface area contributed by atoms with E-state index in [0.29, 0.717) is 17.2 Å². The highest BCUT2D eigenvalue weighted by molar-refractivity contribution is 7.89. The first-order valence-corrected chi connectivity index (χ1v) is 10.9. The van der Waals surface area contributed by atoms with E-state index in [1.807, 2.05) is 6.92 Å². The van der Waals surface area contributed by atoms with Crippen LogP contribution in [0.2, 0.25) is 0 Å². The first-order chi connectivity index (χ1) is 13.7. The zero-order valence-electron chi connectivity index (χ0n) is 16.4. The quantitative estimate of drug-likeness (QED) is 0.613. The molecule has 0 saturated carbocycles. The van der Waals surface area contributed by atoms with Gasteiger partial charge in [-0.25, -0.2) is 13.4 Å². The van der Waals surface area contributed by atoms with Crippen LogP contribution in [0.1, 0.15) is 5.01 Å². The number of sulfonamides is 1. The molecule has 1 amide bonds. The van der Waals surface area contributed by atoms with E-state index in [9.17, 15) is 13.2 Å². The van der Waals surface area contributed by atoms with Gasteiger partial charge in [0.15, 0.2) is 11.5 Å². The van der Waals surface area contributed by atoms with E-state index in [1.165, 1.54) is 38.7 Å². The summed E-state index contributed by atoms with van der Waals surface area (Å²) in [5, 5.41) is 3.53. The lowest BCUT2D eigenvalue weighted by atomic mass is 10.2. The highest BCUT2D eigenvalue weighted by atomic mass is 32.2. The van der Waals surface area contributed by atoms with Gasteiger partial charge in [0.05, 0.1) is 40.9 Å². The molecule has 3 aromatic rings. The monoisotopic (exact) mass is 435 g/mol. The third kappa shape index (κ3) is 4.50. The number of benzene rings is 2. The molecule has 29 heavy (non-hydrogen) atoms. The van der Waals surface area contributed by atoms with Crippen molar-refractivity contribution in [2.45, 2.75) is 11.8 Å². The summed E-state index contributed by atoms with van der Waals surface area (Å²) in [7, 11) is 0.547.